The highest BCUT2D eigenvalue weighted by molar-refractivity contribution is 14.1. The summed E-state index contributed by atoms with van der Waals surface area (Å²) in [7, 11) is 0. The third-order valence-corrected chi connectivity index (χ3v) is 4.61. The second-order valence-corrected chi connectivity index (χ2v) is 5.07. The van der Waals surface area contributed by atoms with Gasteiger partial charge in [0.2, 0.25) is 0 Å². The molecule has 4 heteroatoms. The van der Waals surface area contributed by atoms with Crippen molar-refractivity contribution in [2.75, 3.05) is 0 Å². The van der Waals surface area contributed by atoms with Gasteiger partial charge in [0.25, 0.3) is 0 Å². The Bertz CT molecular complexity index is 212. The summed E-state index contributed by atoms with van der Waals surface area (Å²) in [5, 5.41) is 0. The Labute approximate surface area is 95.6 Å². The molecule has 1 aromatic rings. The van der Waals surface area contributed by atoms with Crippen molar-refractivity contribution in [2.24, 2.45) is 0 Å². The smallest absolute Gasteiger partial charge is 0.0320 e. The molecule has 0 bridgehead atoms. The zero-order valence-electron chi connectivity index (χ0n) is 4.74. The maximum Gasteiger partial charge on any atom is 0.0320 e. The number of benzene rings is 1. The molecule has 1 rings (SSSR count). The second kappa shape index (κ2) is 3.78. The molecule has 0 nitrogen and oxygen atoms in total. The topological polar surface area (TPSA) is 0 Å². The number of thiol groups is 1. The molecule has 0 atom stereocenters. The minimum absolute atomic E-state index is 0.965. The molecule has 0 N–H and O–H groups in total. The lowest BCUT2D eigenvalue weighted by Crippen LogP contribution is -1.76. The minimum atomic E-state index is 0.965. The maximum absolute atomic E-state index is 4.24. The monoisotopic (exact) mass is 392 g/mol. The van der Waals surface area contributed by atoms with Crippen molar-refractivity contribution < 1.29 is 0 Å². The molecule has 54 valence electrons. The van der Waals surface area contributed by atoms with Crippen LogP contribution in [-0.2, 0) is 0 Å². The standard InChI is InChI=1S/C6H3Br2IS/c7-3-1-4(8)6(10)2-5(3)9/h1-2,10H. The molecule has 0 fully saturated rings. The fourth-order valence-corrected chi connectivity index (χ4v) is 2.41. The lowest BCUT2D eigenvalue weighted by Gasteiger charge is -1.99. The van der Waals surface area contributed by atoms with E-state index in [1.54, 1.807) is 0 Å². The molecule has 1 aromatic carbocycles. The lowest BCUT2D eigenvalue weighted by atomic mass is 10.4. The average Bonchev–Trinajstić information content (AvgIpc) is 1.84. The Kier molecular flexibility index (Phi) is 3.53. The van der Waals surface area contributed by atoms with Crippen molar-refractivity contribution in [1.29, 1.82) is 0 Å². The zero-order chi connectivity index (χ0) is 7.72. The van der Waals surface area contributed by atoms with Crippen molar-refractivity contribution in [3.05, 3.63) is 24.6 Å². The van der Waals surface area contributed by atoms with Crippen LogP contribution in [0.4, 0.5) is 0 Å². The van der Waals surface area contributed by atoms with Crippen molar-refractivity contribution in [3.63, 3.8) is 0 Å². The fraction of sp³-hybridized carbons (Fsp3) is 0. The van der Waals surface area contributed by atoms with Crippen LogP contribution in [0.25, 0.3) is 0 Å². The van der Waals surface area contributed by atoms with Gasteiger partial charge in [-0.2, -0.15) is 0 Å². The highest BCUT2D eigenvalue weighted by atomic mass is 127. The maximum atomic E-state index is 4.24. The van der Waals surface area contributed by atoms with E-state index < -0.39 is 0 Å². The summed E-state index contributed by atoms with van der Waals surface area (Å²) in [6.07, 6.45) is 0. The largest absolute Gasteiger partial charge is 0.142 e. The van der Waals surface area contributed by atoms with Crippen molar-refractivity contribution in [3.8, 4) is 0 Å². The molecule has 0 unspecified atom stereocenters. The molecule has 0 radical (unpaired) electrons. The van der Waals surface area contributed by atoms with Crippen molar-refractivity contribution in [1.82, 2.24) is 0 Å². The van der Waals surface area contributed by atoms with Gasteiger partial charge in [0.05, 0.1) is 0 Å². The summed E-state index contributed by atoms with van der Waals surface area (Å²) in [4.78, 5) is 0.965. The van der Waals surface area contributed by atoms with Crippen molar-refractivity contribution in [2.45, 2.75) is 4.90 Å². The van der Waals surface area contributed by atoms with Gasteiger partial charge in [-0.25, -0.2) is 0 Å². The molecule has 0 spiro atoms. The van der Waals surface area contributed by atoms with Gasteiger partial charge >= 0.3 is 0 Å². The van der Waals surface area contributed by atoms with Gasteiger partial charge in [0, 0.05) is 17.4 Å². The van der Waals surface area contributed by atoms with E-state index in [9.17, 15) is 0 Å². The Balaban J connectivity index is 3.28. The molecule has 0 aliphatic rings. The predicted octanol–water partition coefficient (Wildman–Crippen LogP) is 4.10. The second-order valence-electron chi connectivity index (χ2n) is 1.72. The molecule has 0 aromatic heterocycles. The number of hydrogen-bond donors (Lipinski definition) is 1. The summed E-state index contributed by atoms with van der Waals surface area (Å²) in [5.74, 6) is 0. The zero-order valence-corrected chi connectivity index (χ0v) is 11.0. The first kappa shape index (κ1) is 9.35. The Morgan fingerprint density at radius 3 is 2.30 bits per heavy atom. The van der Waals surface area contributed by atoms with Gasteiger partial charge < -0.3 is 0 Å². The van der Waals surface area contributed by atoms with Gasteiger partial charge in [-0.3, -0.25) is 0 Å². The van der Waals surface area contributed by atoms with Gasteiger partial charge in [-0.15, -0.1) is 12.6 Å². The number of rotatable bonds is 0. The average molecular weight is 394 g/mol. The molecular weight excluding hydrogens is 391 g/mol. The first-order valence-corrected chi connectivity index (χ1v) is 5.56. The number of hydrogen-bond acceptors (Lipinski definition) is 1. The van der Waals surface area contributed by atoms with E-state index in [4.69, 9.17) is 0 Å². The summed E-state index contributed by atoms with van der Waals surface area (Å²) in [6, 6.07) is 3.99. The number of halogens is 3. The van der Waals surface area contributed by atoms with Gasteiger partial charge in [0.15, 0.2) is 0 Å². The quantitative estimate of drug-likeness (QED) is 0.383. The summed E-state index contributed by atoms with van der Waals surface area (Å²) >= 11 is 13.3. The van der Waals surface area contributed by atoms with E-state index >= 15 is 0 Å². The van der Waals surface area contributed by atoms with E-state index in [-0.39, 0.29) is 0 Å². The normalized spacial score (nSPS) is 10.0. The van der Waals surface area contributed by atoms with Crippen LogP contribution >= 0.6 is 67.1 Å². The highest BCUT2D eigenvalue weighted by Crippen LogP contribution is 2.28. The van der Waals surface area contributed by atoms with Crippen LogP contribution in [0.5, 0.6) is 0 Å². The molecule has 0 saturated heterocycles. The molecule has 0 aliphatic carbocycles. The first-order valence-electron chi connectivity index (χ1n) is 2.45. The molecule has 10 heavy (non-hydrogen) atoms. The van der Waals surface area contributed by atoms with Gasteiger partial charge in [-0.05, 0) is 66.6 Å². The van der Waals surface area contributed by atoms with Gasteiger partial charge in [0.1, 0.15) is 0 Å². The highest BCUT2D eigenvalue weighted by Gasteiger charge is 2.00. The van der Waals surface area contributed by atoms with Gasteiger partial charge in [-0.1, -0.05) is 0 Å². The van der Waals surface area contributed by atoms with Crippen molar-refractivity contribution >= 4 is 67.1 Å². The summed E-state index contributed by atoms with van der Waals surface area (Å²) in [5.41, 5.74) is 0. The lowest BCUT2D eigenvalue weighted by molar-refractivity contribution is 1.37. The van der Waals surface area contributed by atoms with Crippen LogP contribution in [0.15, 0.2) is 26.0 Å². The molecule has 0 aliphatic heterocycles. The van der Waals surface area contributed by atoms with E-state index in [0.29, 0.717) is 0 Å². The van der Waals surface area contributed by atoms with Crippen LogP contribution in [-0.4, -0.2) is 0 Å². The first-order chi connectivity index (χ1) is 4.61. The molecule has 0 amide bonds. The van der Waals surface area contributed by atoms with Crippen LogP contribution in [0.2, 0.25) is 0 Å². The van der Waals surface area contributed by atoms with Crippen LogP contribution in [0.1, 0.15) is 0 Å². The molecular formula is C6H3Br2IS. The van der Waals surface area contributed by atoms with E-state index in [0.717, 1.165) is 13.8 Å². The predicted molar refractivity (Wildman–Crippen MR) is 61.8 cm³/mol. The van der Waals surface area contributed by atoms with Crippen LogP contribution in [0, 0.1) is 3.57 Å². The Hall–Kier alpha value is 1.26. The fourth-order valence-electron chi connectivity index (χ4n) is 0.512. The summed E-state index contributed by atoms with van der Waals surface area (Å²) in [6.45, 7) is 0. The van der Waals surface area contributed by atoms with E-state index in [1.807, 2.05) is 12.1 Å². The molecule has 0 saturated carbocycles. The third-order valence-electron chi connectivity index (χ3n) is 0.990. The Morgan fingerprint density at radius 2 is 1.80 bits per heavy atom. The van der Waals surface area contributed by atoms with E-state index in [1.165, 1.54) is 3.57 Å². The molecule has 0 heterocycles. The minimum Gasteiger partial charge on any atom is -0.142 e. The summed E-state index contributed by atoms with van der Waals surface area (Å²) < 4.78 is 3.28. The van der Waals surface area contributed by atoms with E-state index in [2.05, 4.69) is 67.1 Å². The Morgan fingerprint density at radius 1 is 1.20 bits per heavy atom. The van der Waals surface area contributed by atoms with Crippen LogP contribution in [0.3, 0.4) is 0 Å². The SMILES string of the molecule is Sc1cc(I)c(Br)cc1Br. The van der Waals surface area contributed by atoms with Crippen LogP contribution < -0.4 is 0 Å². The third kappa shape index (κ3) is 2.12.